The van der Waals surface area contributed by atoms with E-state index >= 15 is 0 Å². The summed E-state index contributed by atoms with van der Waals surface area (Å²) in [5, 5.41) is 0. The first-order valence-electron chi connectivity index (χ1n) is 9.58. The Morgan fingerprint density at radius 3 is 2.54 bits per heavy atom. The van der Waals surface area contributed by atoms with E-state index in [1.165, 1.54) is 6.07 Å². The van der Waals surface area contributed by atoms with Gasteiger partial charge in [0.1, 0.15) is 12.4 Å². The number of carbonyl (C=O) groups excluding carboxylic acids is 1. The molecule has 150 valence electrons. The minimum absolute atomic E-state index is 0.0632. The molecule has 28 heavy (non-hydrogen) atoms. The Hall–Kier alpha value is -2.40. The molecule has 3 rings (SSSR count). The van der Waals surface area contributed by atoms with E-state index < -0.39 is 5.82 Å². The SMILES string of the molecule is CC(C)COC1C(C(=O)OCc2ccc(F)c(Oc3ccccc3)c2)C1(C)C. The maximum atomic E-state index is 14.0. The predicted octanol–water partition coefficient (Wildman–Crippen LogP) is 5.36. The topological polar surface area (TPSA) is 44.8 Å². The number of esters is 1. The maximum absolute atomic E-state index is 14.0. The largest absolute Gasteiger partial charge is 0.461 e. The summed E-state index contributed by atoms with van der Waals surface area (Å²) in [6.45, 7) is 8.85. The summed E-state index contributed by atoms with van der Waals surface area (Å²) in [7, 11) is 0. The molecule has 0 amide bonds. The Morgan fingerprint density at radius 2 is 1.86 bits per heavy atom. The molecule has 5 heteroatoms. The average Bonchev–Trinajstić information content (AvgIpc) is 3.22. The van der Waals surface area contributed by atoms with Crippen LogP contribution in [0.5, 0.6) is 11.5 Å². The minimum atomic E-state index is -0.468. The Kier molecular flexibility index (Phi) is 6.04. The van der Waals surface area contributed by atoms with E-state index in [1.807, 2.05) is 32.0 Å². The van der Waals surface area contributed by atoms with E-state index in [4.69, 9.17) is 14.2 Å². The van der Waals surface area contributed by atoms with Crippen LogP contribution in [0.25, 0.3) is 0 Å². The first-order chi connectivity index (χ1) is 13.3. The van der Waals surface area contributed by atoms with E-state index in [-0.39, 0.29) is 35.8 Å². The zero-order valence-corrected chi connectivity index (χ0v) is 16.8. The molecular formula is C23H27FO4. The second kappa shape index (κ2) is 8.31. The fourth-order valence-corrected chi connectivity index (χ4v) is 3.20. The Morgan fingerprint density at radius 1 is 1.14 bits per heavy atom. The van der Waals surface area contributed by atoms with E-state index in [2.05, 4.69) is 13.8 Å². The summed E-state index contributed by atoms with van der Waals surface area (Å²) in [6.07, 6.45) is -0.118. The van der Waals surface area contributed by atoms with Crippen LogP contribution in [0.3, 0.4) is 0 Å². The van der Waals surface area contributed by atoms with Crippen LogP contribution in [0, 0.1) is 23.1 Å². The molecule has 0 saturated heterocycles. The van der Waals surface area contributed by atoms with E-state index in [9.17, 15) is 9.18 Å². The van der Waals surface area contributed by atoms with Gasteiger partial charge in [0.15, 0.2) is 11.6 Å². The monoisotopic (exact) mass is 386 g/mol. The fraction of sp³-hybridized carbons (Fsp3) is 0.435. The number of hydrogen-bond donors (Lipinski definition) is 0. The van der Waals surface area contributed by atoms with Gasteiger partial charge < -0.3 is 14.2 Å². The summed E-state index contributed by atoms with van der Waals surface area (Å²) in [5.74, 6) is 0.0325. The molecule has 0 bridgehead atoms. The molecule has 4 nitrogen and oxygen atoms in total. The third-order valence-corrected chi connectivity index (χ3v) is 4.94. The van der Waals surface area contributed by atoms with Gasteiger partial charge in [-0.2, -0.15) is 0 Å². The van der Waals surface area contributed by atoms with Crippen molar-refractivity contribution in [3.05, 3.63) is 59.9 Å². The van der Waals surface area contributed by atoms with Crippen molar-refractivity contribution < 1.29 is 23.4 Å². The van der Waals surface area contributed by atoms with Crippen LogP contribution in [0.15, 0.2) is 48.5 Å². The number of para-hydroxylation sites is 1. The maximum Gasteiger partial charge on any atom is 0.312 e. The lowest BCUT2D eigenvalue weighted by atomic mass is 10.1. The Labute approximate surface area is 165 Å². The normalized spacial score (nSPS) is 20.1. The summed E-state index contributed by atoms with van der Waals surface area (Å²) in [5.41, 5.74) is 0.440. The van der Waals surface area contributed by atoms with Crippen molar-refractivity contribution in [3.8, 4) is 11.5 Å². The van der Waals surface area contributed by atoms with Gasteiger partial charge in [0.2, 0.25) is 0 Å². The lowest BCUT2D eigenvalue weighted by molar-refractivity contribution is -0.148. The van der Waals surface area contributed by atoms with Gasteiger partial charge in [0.25, 0.3) is 0 Å². The third-order valence-electron chi connectivity index (χ3n) is 4.94. The van der Waals surface area contributed by atoms with Crippen LogP contribution >= 0.6 is 0 Å². The van der Waals surface area contributed by atoms with Crippen LogP contribution in [0.1, 0.15) is 33.3 Å². The highest BCUT2D eigenvalue weighted by atomic mass is 19.1. The highest BCUT2D eigenvalue weighted by molar-refractivity contribution is 5.78. The Balaban J connectivity index is 1.59. The molecule has 2 aromatic carbocycles. The smallest absolute Gasteiger partial charge is 0.312 e. The molecule has 0 heterocycles. The second-order valence-corrected chi connectivity index (χ2v) is 8.23. The van der Waals surface area contributed by atoms with Crippen LogP contribution in [0.2, 0.25) is 0 Å². The molecular weight excluding hydrogens is 359 g/mol. The van der Waals surface area contributed by atoms with Gasteiger partial charge in [-0.15, -0.1) is 0 Å². The summed E-state index contributed by atoms with van der Waals surface area (Å²) >= 11 is 0. The number of benzene rings is 2. The first kappa shape index (κ1) is 20.3. The molecule has 0 aliphatic heterocycles. The average molecular weight is 386 g/mol. The molecule has 0 spiro atoms. The number of hydrogen-bond acceptors (Lipinski definition) is 4. The molecule has 1 aliphatic carbocycles. The molecule has 1 aliphatic rings. The van der Waals surface area contributed by atoms with Gasteiger partial charge in [0, 0.05) is 12.0 Å². The summed E-state index contributed by atoms with van der Waals surface area (Å²) < 4.78 is 31.0. The number of ether oxygens (including phenoxy) is 3. The van der Waals surface area contributed by atoms with Crippen molar-refractivity contribution in [1.29, 1.82) is 0 Å². The second-order valence-electron chi connectivity index (χ2n) is 8.23. The molecule has 1 fully saturated rings. The highest BCUT2D eigenvalue weighted by Crippen LogP contribution is 2.54. The van der Waals surface area contributed by atoms with Gasteiger partial charge in [0.05, 0.1) is 12.0 Å². The zero-order valence-electron chi connectivity index (χ0n) is 16.8. The van der Waals surface area contributed by atoms with Crippen molar-refractivity contribution in [1.82, 2.24) is 0 Å². The molecule has 1 saturated carbocycles. The molecule has 0 aromatic heterocycles. The van der Waals surface area contributed by atoms with Gasteiger partial charge in [-0.05, 0) is 35.7 Å². The molecule has 2 unspecified atom stereocenters. The van der Waals surface area contributed by atoms with Gasteiger partial charge in [-0.1, -0.05) is 52.0 Å². The number of carbonyl (C=O) groups is 1. The van der Waals surface area contributed by atoms with Crippen LogP contribution in [-0.4, -0.2) is 18.7 Å². The fourth-order valence-electron chi connectivity index (χ4n) is 3.20. The lowest BCUT2D eigenvalue weighted by Crippen LogP contribution is -2.12. The van der Waals surface area contributed by atoms with Crippen molar-refractivity contribution in [2.75, 3.05) is 6.61 Å². The third kappa shape index (κ3) is 4.71. The number of halogens is 1. The van der Waals surface area contributed by atoms with Crippen molar-refractivity contribution in [2.24, 2.45) is 17.3 Å². The molecule has 0 N–H and O–H groups in total. The summed E-state index contributed by atoms with van der Waals surface area (Å²) in [6, 6.07) is 13.4. The van der Waals surface area contributed by atoms with Gasteiger partial charge in [-0.25, -0.2) is 4.39 Å². The lowest BCUT2D eigenvalue weighted by Gasteiger charge is -2.10. The number of rotatable bonds is 8. The highest BCUT2D eigenvalue weighted by Gasteiger charge is 2.64. The van der Waals surface area contributed by atoms with Crippen LogP contribution < -0.4 is 4.74 Å². The summed E-state index contributed by atoms with van der Waals surface area (Å²) in [4.78, 5) is 12.5. The van der Waals surface area contributed by atoms with Crippen molar-refractivity contribution in [3.63, 3.8) is 0 Å². The van der Waals surface area contributed by atoms with Gasteiger partial charge >= 0.3 is 5.97 Å². The zero-order chi connectivity index (χ0) is 20.3. The molecule has 2 aromatic rings. The van der Waals surface area contributed by atoms with Crippen LogP contribution in [-0.2, 0) is 20.9 Å². The van der Waals surface area contributed by atoms with E-state index in [1.54, 1.807) is 24.3 Å². The van der Waals surface area contributed by atoms with E-state index in [0.29, 0.717) is 23.8 Å². The molecule has 2 atom stereocenters. The van der Waals surface area contributed by atoms with Gasteiger partial charge in [-0.3, -0.25) is 4.79 Å². The van der Waals surface area contributed by atoms with Crippen molar-refractivity contribution in [2.45, 2.75) is 40.4 Å². The minimum Gasteiger partial charge on any atom is -0.461 e. The van der Waals surface area contributed by atoms with Crippen molar-refractivity contribution >= 4 is 5.97 Å². The predicted molar refractivity (Wildman–Crippen MR) is 105 cm³/mol. The molecule has 0 radical (unpaired) electrons. The van der Waals surface area contributed by atoms with Crippen LogP contribution in [0.4, 0.5) is 4.39 Å². The quantitative estimate of drug-likeness (QED) is 0.573. The van der Waals surface area contributed by atoms with E-state index in [0.717, 1.165) is 0 Å². The first-order valence-corrected chi connectivity index (χ1v) is 9.58. The Bertz CT molecular complexity index is 817. The standard InChI is InChI=1S/C23H27FO4/c1-15(2)13-26-21-20(23(21,3)4)22(25)27-14-16-10-11-18(24)19(12-16)28-17-8-6-5-7-9-17/h5-12,15,20-21H,13-14H2,1-4H3.